The Labute approximate surface area is 206 Å². The van der Waals surface area contributed by atoms with Gasteiger partial charge in [0.1, 0.15) is 23.7 Å². The highest BCUT2D eigenvalue weighted by Gasteiger charge is 2.28. The molecule has 0 aliphatic rings. The van der Waals surface area contributed by atoms with E-state index in [1.807, 2.05) is 6.92 Å². The molecule has 0 fully saturated rings. The normalized spacial score (nSPS) is 14.7. The van der Waals surface area contributed by atoms with E-state index in [0.29, 0.717) is 6.42 Å². The summed E-state index contributed by atoms with van der Waals surface area (Å²) in [5.41, 5.74) is 5.03. The number of esters is 3. The average molecular weight is 502 g/mol. The molecule has 0 aromatic rings. The number of nitrogens with one attached hydrogen (secondary N) is 2. The number of hydrogen-bond donors (Lipinski definition) is 3. The third kappa shape index (κ3) is 14.0. The molecule has 12 nitrogen and oxygen atoms in total. The van der Waals surface area contributed by atoms with E-state index in [9.17, 15) is 24.0 Å². The van der Waals surface area contributed by atoms with Gasteiger partial charge in [0.15, 0.2) is 0 Å². The molecule has 0 aromatic heterocycles. The van der Waals surface area contributed by atoms with Crippen molar-refractivity contribution < 1.29 is 42.9 Å². The quantitative estimate of drug-likeness (QED) is 0.144. The number of unbranched alkanes of at least 4 members (excludes halogenated alkanes) is 1. The molecule has 0 aliphatic carbocycles. The van der Waals surface area contributed by atoms with Gasteiger partial charge in [-0.25, -0.2) is 19.2 Å². The Balaban J connectivity index is 5.14. The molecule has 4 atom stereocenters. The lowest BCUT2D eigenvalue weighted by atomic mass is 10.2. The number of alkyl carbamates (subject to hydrolysis) is 1. The first-order valence-electron chi connectivity index (χ1n) is 11.4. The molecule has 0 aromatic carbocycles. The van der Waals surface area contributed by atoms with Crippen LogP contribution in [0, 0.1) is 0 Å². The van der Waals surface area contributed by atoms with Crippen LogP contribution in [-0.2, 0) is 38.1 Å². The van der Waals surface area contributed by atoms with Gasteiger partial charge in [-0.2, -0.15) is 0 Å². The zero-order valence-electron chi connectivity index (χ0n) is 21.5. The summed E-state index contributed by atoms with van der Waals surface area (Å²) in [6, 6.07) is -3.14. The molecule has 0 saturated carbocycles. The van der Waals surface area contributed by atoms with Crippen molar-refractivity contribution in [3.05, 3.63) is 12.2 Å². The van der Waals surface area contributed by atoms with Crippen LogP contribution in [0.1, 0.15) is 60.8 Å². The Morgan fingerprint density at radius 1 is 0.971 bits per heavy atom. The number of hydrogen-bond acceptors (Lipinski definition) is 10. The lowest BCUT2D eigenvalue weighted by Crippen LogP contribution is -2.46. The standard InChI is InChI=1S/C23H39N3O9/c1-8-9-13-33-21(30)17(34-20(29)15(3)26-22(31)35-23(4,5)6)12-10-11-16(24)18(27)25-14(2)19(28)32-7/h10-11,14-17H,8-9,12-13,24H2,1-7H3,(H,25,27)(H,26,31)/b11-10+/t14-,15+,16+,17-/m1/s1. The largest absolute Gasteiger partial charge is 0.467 e. The Kier molecular flexibility index (Phi) is 14.3. The Bertz CT molecular complexity index is 762. The fourth-order valence-corrected chi connectivity index (χ4v) is 2.37. The fourth-order valence-electron chi connectivity index (χ4n) is 2.37. The minimum Gasteiger partial charge on any atom is -0.467 e. The first kappa shape index (κ1) is 31.8. The van der Waals surface area contributed by atoms with Gasteiger partial charge >= 0.3 is 24.0 Å². The van der Waals surface area contributed by atoms with Gasteiger partial charge in [0.2, 0.25) is 12.0 Å². The van der Waals surface area contributed by atoms with Gasteiger partial charge in [-0.3, -0.25) is 4.79 Å². The van der Waals surface area contributed by atoms with E-state index >= 15 is 0 Å². The summed E-state index contributed by atoms with van der Waals surface area (Å²) < 4.78 is 20.0. The summed E-state index contributed by atoms with van der Waals surface area (Å²) >= 11 is 0. The van der Waals surface area contributed by atoms with Crippen molar-refractivity contribution in [2.45, 2.75) is 90.6 Å². The number of ether oxygens (including phenoxy) is 4. The Morgan fingerprint density at radius 3 is 2.11 bits per heavy atom. The van der Waals surface area contributed by atoms with Gasteiger partial charge < -0.3 is 35.3 Å². The summed E-state index contributed by atoms with van der Waals surface area (Å²) in [7, 11) is 1.19. The Hall–Kier alpha value is -3.15. The van der Waals surface area contributed by atoms with Crippen molar-refractivity contribution in [1.82, 2.24) is 10.6 Å². The highest BCUT2D eigenvalue weighted by atomic mass is 16.6. The van der Waals surface area contributed by atoms with Crippen LogP contribution in [0.4, 0.5) is 4.79 Å². The zero-order chi connectivity index (χ0) is 27.2. The monoisotopic (exact) mass is 501 g/mol. The maximum absolute atomic E-state index is 12.5. The number of methoxy groups -OCH3 is 1. The summed E-state index contributed by atoms with van der Waals surface area (Å²) in [4.78, 5) is 60.3. The van der Waals surface area contributed by atoms with Crippen LogP contribution in [0.5, 0.6) is 0 Å². The van der Waals surface area contributed by atoms with Crippen LogP contribution in [-0.4, -0.2) is 73.5 Å². The minimum atomic E-state index is -1.33. The van der Waals surface area contributed by atoms with Crippen molar-refractivity contribution in [2.24, 2.45) is 5.73 Å². The second kappa shape index (κ2) is 15.7. The highest BCUT2D eigenvalue weighted by Crippen LogP contribution is 2.09. The van der Waals surface area contributed by atoms with Crippen LogP contribution in [0.15, 0.2) is 12.2 Å². The number of rotatable bonds is 13. The molecule has 0 saturated heterocycles. The third-order valence-corrected chi connectivity index (χ3v) is 4.26. The molecule has 4 N–H and O–H groups in total. The minimum absolute atomic E-state index is 0.136. The maximum atomic E-state index is 12.5. The topological polar surface area (TPSA) is 172 Å². The van der Waals surface area contributed by atoms with Crippen LogP contribution in [0.25, 0.3) is 0 Å². The predicted octanol–water partition coefficient (Wildman–Crippen LogP) is 1.11. The second-order valence-corrected chi connectivity index (χ2v) is 8.76. The first-order chi connectivity index (χ1) is 16.2. The highest BCUT2D eigenvalue weighted by molar-refractivity contribution is 5.88. The van der Waals surface area contributed by atoms with Gasteiger partial charge in [-0.1, -0.05) is 25.5 Å². The predicted molar refractivity (Wildman–Crippen MR) is 126 cm³/mol. The van der Waals surface area contributed by atoms with E-state index in [0.717, 1.165) is 6.42 Å². The van der Waals surface area contributed by atoms with Crippen LogP contribution in [0.2, 0.25) is 0 Å². The summed E-state index contributed by atoms with van der Waals surface area (Å²) in [5.74, 6) is -2.94. The molecule has 0 spiro atoms. The molecule has 12 heteroatoms. The van der Waals surface area contributed by atoms with Gasteiger partial charge in [0, 0.05) is 6.42 Å². The lowest BCUT2D eigenvalue weighted by Gasteiger charge is -2.22. The average Bonchev–Trinajstić information content (AvgIpc) is 2.75. The van der Waals surface area contributed by atoms with Crippen molar-refractivity contribution in [3.8, 4) is 0 Å². The van der Waals surface area contributed by atoms with Gasteiger partial charge in [0.05, 0.1) is 13.7 Å². The molecule has 0 aliphatic heterocycles. The molecule has 0 heterocycles. The van der Waals surface area contributed by atoms with E-state index < -0.39 is 59.7 Å². The second-order valence-electron chi connectivity index (χ2n) is 8.76. The zero-order valence-corrected chi connectivity index (χ0v) is 21.5. The first-order valence-corrected chi connectivity index (χ1v) is 11.4. The number of carbonyl (C=O) groups excluding carboxylic acids is 5. The summed E-state index contributed by atoms with van der Waals surface area (Å²) in [6.45, 7) is 9.90. The van der Waals surface area contributed by atoms with Crippen LogP contribution >= 0.6 is 0 Å². The molecule has 0 bridgehead atoms. The van der Waals surface area contributed by atoms with Crippen molar-refractivity contribution in [1.29, 1.82) is 0 Å². The summed E-state index contributed by atoms with van der Waals surface area (Å²) in [5, 5.41) is 4.73. The number of amides is 2. The number of nitrogens with two attached hydrogens (primary N) is 1. The molecule has 35 heavy (non-hydrogen) atoms. The maximum Gasteiger partial charge on any atom is 0.408 e. The van der Waals surface area contributed by atoms with Gasteiger partial charge in [0.25, 0.3) is 0 Å². The molecule has 2 amide bonds. The fraction of sp³-hybridized carbons (Fsp3) is 0.696. The molecule has 0 rings (SSSR count). The van der Waals surface area contributed by atoms with E-state index in [4.69, 9.17) is 19.9 Å². The SMILES string of the molecule is CCCCOC(=O)[C@@H](C/C=C/[C@H](N)C(=O)N[C@H](C)C(=O)OC)OC(=O)[C@H](C)NC(=O)OC(C)(C)C. The summed E-state index contributed by atoms with van der Waals surface area (Å²) in [6.07, 6.45) is 1.82. The van der Waals surface area contributed by atoms with Crippen LogP contribution < -0.4 is 16.4 Å². The number of carbonyl (C=O) groups is 5. The van der Waals surface area contributed by atoms with Gasteiger partial charge in [-0.05, 0) is 41.0 Å². The molecular formula is C23H39N3O9. The molecule has 200 valence electrons. The van der Waals surface area contributed by atoms with Gasteiger partial charge in [-0.15, -0.1) is 0 Å². The van der Waals surface area contributed by atoms with E-state index in [1.165, 1.54) is 33.1 Å². The molecule has 0 unspecified atom stereocenters. The van der Waals surface area contributed by atoms with Crippen molar-refractivity contribution >= 4 is 29.9 Å². The van der Waals surface area contributed by atoms with Crippen LogP contribution in [0.3, 0.4) is 0 Å². The smallest absolute Gasteiger partial charge is 0.408 e. The van der Waals surface area contributed by atoms with E-state index in [1.54, 1.807) is 20.8 Å². The van der Waals surface area contributed by atoms with E-state index in [-0.39, 0.29) is 13.0 Å². The Morgan fingerprint density at radius 2 is 1.57 bits per heavy atom. The van der Waals surface area contributed by atoms with Crippen molar-refractivity contribution in [3.63, 3.8) is 0 Å². The lowest BCUT2D eigenvalue weighted by molar-refractivity contribution is -0.168. The van der Waals surface area contributed by atoms with Crippen molar-refractivity contribution in [2.75, 3.05) is 13.7 Å². The van der Waals surface area contributed by atoms with E-state index in [2.05, 4.69) is 15.4 Å². The molecular weight excluding hydrogens is 462 g/mol. The third-order valence-electron chi connectivity index (χ3n) is 4.26. The molecule has 0 radical (unpaired) electrons.